The van der Waals surface area contributed by atoms with Gasteiger partial charge in [0.2, 0.25) is 5.91 Å². The molecule has 1 aliphatic carbocycles. The molecule has 0 radical (unpaired) electrons. The van der Waals surface area contributed by atoms with Crippen molar-refractivity contribution in [2.75, 3.05) is 7.11 Å². The molecular weight excluding hydrogens is 380 g/mol. The number of methoxy groups -OCH3 is 1. The number of benzene rings is 2. The van der Waals surface area contributed by atoms with Crippen molar-refractivity contribution in [3.63, 3.8) is 0 Å². The molecule has 0 aliphatic heterocycles. The lowest BCUT2D eigenvalue weighted by atomic mass is 9.91. The smallest absolute Gasteiger partial charge is 0.275 e. The number of aromatic amines is 1. The van der Waals surface area contributed by atoms with Gasteiger partial charge in [-0.05, 0) is 49.1 Å². The first-order chi connectivity index (χ1) is 14.6. The Morgan fingerprint density at radius 2 is 2.13 bits per heavy atom. The number of nitrogens with one attached hydrogen (secondary N) is 2. The molecule has 1 atom stereocenters. The van der Waals surface area contributed by atoms with E-state index in [1.54, 1.807) is 19.4 Å². The maximum Gasteiger partial charge on any atom is 0.275 e. The molecule has 30 heavy (non-hydrogen) atoms. The summed E-state index contributed by atoms with van der Waals surface area (Å²) in [7, 11) is 1.66. The lowest BCUT2D eigenvalue weighted by Gasteiger charge is -2.24. The summed E-state index contributed by atoms with van der Waals surface area (Å²) in [6.45, 7) is -0.108. The topological polar surface area (TPSA) is 89.0 Å². The third-order valence-electron chi connectivity index (χ3n) is 5.80. The minimum absolute atomic E-state index is 0.108. The van der Waals surface area contributed by atoms with Crippen molar-refractivity contribution in [2.45, 2.75) is 31.8 Å². The number of aromatic nitrogens is 3. The van der Waals surface area contributed by atoms with Crippen LogP contribution in [0.4, 0.5) is 0 Å². The van der Waals surface area contributed by atoms with Gasteiger partial charge in [0.05, 0.1) is 24.7 Å². The van der Waals surface area contributed by atoms with E-state index in [0.717, 1.165) is 47.0 Å². The monoisotopic (exact) mass is 402 g/mol. The van der Waals surface area contributed by atoms with Gasteiger partial charge >= 0.3 is 0 Å². The molecule has 152 valence electrons. The van der Waals surface area contributed by atoms with Crippen LogP contribution in [-0.4, -0.2) is 27.8 Å². The number of hydrogen-bond acceptors (Lipinski definition) is 4. The second-order valence-corrected chi connectivity index (χ2v) is 7.64. The Labute approximate surface area is 172 Å². The van der Waals surface area contributed by atoms with Crippen LogP contribution in [0.1, 0.15) is 30.1 Å². The van der Waals surface area contributed by atoms with Crippen molar-refractivity contribution < 1.29 is 9.53 Å². The average Bonchev–Trinajstić information content (AvgIpc) is 3.15. The number of H-pyrrole nitrogens is 1. The number of nitrogens with zero attached hydrogens (tertiary/aromatic N) is 2. The molecule has 2 aromatic carbocycles. The highest BCUT2D eigenvalue weighted by Crippen LogP contribution is 2.36. The molecule has 7 nitrogen and oxygen atoms in total. The van der Waals surface area contributed by atoms with Crippen molar-refractivity contribution in [3.8, 4) is 5.75 Å². The molecule has 7 heteroatoms. The Bertz CT molecular complexity index is 1320. The average molecular weight is 402 g/mol. The lowest BCUT2D eigenvalue weighted by Crippen LogP contribution is -2.36. The van der Waals surface area contributed by atoms with Crippen LogP contribution in [0.25, 0.3) is 21.7 Å². The molecule has 0 fully saturated rings. The summed E-state index contributed by atoms with van der Waals surface area (Å²) in [5.41, 5.74) is 3.04. The summed E-state index contributed by atoms with van der Waals surface area (Å²) >= 11 is 0. The summed E-state index contributed by atoms with van der Waals surface area (Å²) < 4.78 is 6.58. The fourth-order valence-electron chi connectivity index (χ4n) is 4.33. The third kappa shape index (κ3) is 3.12. The maximum absolute atomic E-state index is 12.7. The minimum atomic E-state index is -0.259. The number of aryl methyl sites for hydroxylation is 1. The van der Waals surface area contributed by atoms with Crippen LogP contribution in [-0.2, 0) is 17.8 Å². The fourth-order valence-corrected chi connectivity index (χ4v) is 4.33. The summed E-state index contributed by atoms with van der Waals surface area (Å²) in [5.74, 6) is 0.589. The molecule has 0 bridgehead atoms. The van der Waals surface area contributed by atoms with Gasteiger partial charge < -0.3 is 15.0 Å². The Morgan fingerprint density at radius 1 is 1.27 bits per heavy atom. The maximum atomic E-state index is 12.7. The van der Waals surface area contributed by atoms with Crippen LogP contribution in [0.15, 0.2) is 53.5 Å². The quantitative estimate of drug-likeness (QED) is 0.549. The summed E-state index contributed by atoms with van der Waals surface area (Å²) in [4.78, 5) is 28.9. The van der Waals surface area contributed by atoms with Crippen molar-refractivity contribution in [1.82, 2.24) is 20.1 Å². The van der Waals surface area contributed by atoms with Gasteiger partial charge in [-0.1, -0.05) is 18.2 Å². The highest BCUT2D eigenvalue weighted by molar-refractivity contribution is 5.87. The molecule has 1 unspecified atom stereocenters. The van der Waals surface area contributed by atoms with Gasteiger partial charge in [-0.25, -0.2) is 4.68 Å². The lowest BCUT2D eigenvalue weighted by molar-refractivity contribution is -0.122. The molecule has 2 aromatic heterocycles. The zero-order chi connectivity index (χ0) is 20.7. The van der Waals surface area contributed by atoms with Gasteiger partial charge in [-0.15, -0.1) is 0 Å². The minimum Gasteiger partial charge on any atom is -0.497 e. The van der Waals surface area contributed by atoms with Crippen LogP contribution in [0.2, 0.25) is 0 Å². The second-order valence-electron chi connectivity index (χ2n) is 7.64. The number of amides is 1. The molecule has 5 rings (SSSR count). The largest absolute Gasteiger partial charge is 0.497 e. The number of hydrogen-bond donors (Lipinski definition) is 2. The molecule has 1 aliphatic rings. The van der Waals surface area contributed by atoms with E-state index >= 15 is 0 Å². The molecule has 0 saturated carbocycles. The summed E-state index contributed by atoms with van der Waals surface area (Å²) in [5, 5.41) is 9.71. The van der Waals surface area contributed by atoms with Gasteiger partial charge in [0.15, 0.2) is 0 Å². The van der Waals surface area contributed by atoms with E-state index in [1.165, 1.54) is 10.2 Å². The predicted octanol–water partition coefficient (Wildman–Crippen LogP) is 3.08. The molecule has 2 heterocycles. The first kappa shape index (κ1) is 18.4. The van der Waals surface area contributed by atoms with Crippen molar-refractivity contribution in [2.24, 2.45) is 0 Å². The second kappa shape index (κ2) is 7.33. The third-order valence-corrected chi connectivity index (χ3v) is 5.80. The normalized spacial score (nSPS) is 15.8. The summed E-state index contributed by atoms with van der Waals surface area (Å²) in [6.07, 6.45) is 4.41. The SMILES string of the molecule is COc1ccc2[nH]c3c(c2c1)CCCC3NC(=O)Cn1ncc2ccccc2c1=O. The van der Waals surface area contributed by atoms with Crippen LogP contribution < -0.4 is 15.6 Å². The highest BCUT2D eigenvalue weighted by atomic mass is 16.5. The molecule has 1 amide bonds. The molecule has 4 aromatic rings. The molecule has 0 spiro atoms. The van der Waals surface area contributed by atoms with E-state index in [0.29, 0.717) is 5.39 Å². The van der Waals surface area contributed by atoms with E-state index < -0.39 is 0 Å². The zero-order valence-electron chi connectivity index (χ0n) is 16.6. The van der Waals surface area contributed by atoms with E-state index in [9.17, 15) is 9.59 Å². The Balaban J connectivity index is 1.40. The zero-order valence-corrected chi connectivity index (χ0v) is 16.6. The van der Waals surface area contributed by atoms with Crippen molar-refractivity contribution >= 4 is 27.6 Å². The fraction of sp³-hybridized carbons (Fsp3) is 0.261. The van der Waals surface area contributed by atoms with Gasteiger partial charge in [-0.3, -0.25) is 9.59 Å². The number of ether oxygens (including phenoxy) is 1. The number of carbonyl (C=O) groups is 1. The van der Waals surface area contributed by atoms with Crippen LogP contribution in [0.3, 0.4) is 0 Å². The Morgan fingerprint density at radius 3 is 3.00 bits per heavy atom. The van der Waals surface area contributed by atoms with Gasteiger partial charge in [0, 0.05) is 22.0 Å². The number of rotatable bonds is 4. The molecule has 2 N–H and O–H groups in total. The Hall–Kier alpha value is -3.61. The van der Waals surface area contributed by atoms with Crippen molar-refractivity contribution in [1.29, 1.82) is 0 Å². The van der Waals surface area contributed by atoms with Gasteiger partial charge in [0.1, 0.15) is 12.3 Å². The molecule has 0 saturated heterocycles. The van der Waals surface area contributed by atoms with E-state index in [4.69, 9.17) is 4.74 Å². The van der Waals surface area contributed by atoms with E-state index in [2.05, 4.69) is 15.4 Å². The van der Waals surface area contributed by atoms with Gasteiger partial charge in [0.25, 0.3) is 5.56 Å². The Kier molecular flexibility index (Phi) is 4.50. The molecular formula is C23H22N4O3. The number of fused-ring (bicyclic) bond motifs is 4. The van der Waals surface area contributed by atoms with E-state index in [1.807, 2.05) is 36.4 Å². The highest BCUT2D eigenvalue weighted by Gasteiger charge is 2.26. The summed E-state index contributed by atoms with van der Waals surface area (Å²) in [6, 6.07) is 13.1. The van der Waals surface area contributed by atoms with Crippen LogP contribution >= 0.6 is 0 Å². The standard InChI is InChI=1S/C23H22N4O3/c1-30-15-9-10-19-18(11-15)17-7-4-8-20(22(17)26-19)25-21(28)13-27-23(29)16-6-3-2-5-14(16)12-24-27/h2-3,5-6,9-12,20,26H,4,7-8,13H2,1H3,(H,25,28). The van der Waals surface area contributed by atoms with Gasteiger partial charge in [-0.2, -0.15) is 5.10 Å². The van der Waals surface area contributed by atoms with Crippen LogP contribution in [0.5, 0.6) is 5.75 Å². The van der Waals surface area contributed by atoms with Crippen LogP contribution in [0, 0.1) is 0 Å². The predicted molar refractivity (Wildman–Crippen MR) is 115 cm³/mol. The first-order valence-electron chi connectivity index (χ1n) is 10.1. The first-order valence-corrected chi connectivity index (χ1v) is 10.1. The van der Waals surface area contributed by atoms with E-state index in [-0.39, 0.29) is 24.1 Å². The number of carbonyl (C=O) groups excluding carboxylic acids is 1. The van der Waals surface area contributed by atoms with Crippen molar-refractivity contribution in [3.05, 3.63) is 70.3 Å².